The van der Waals surface area contributed by atoms with Crippen LogP contribution in [-0.4, -0.2) is 30.4 Å². The van der Waals surface area contributed by atoms with Gasteiger partial charge in [0.05, 0.1) is 28.4 Å². The van der Waals surface area contributed by atoms with Crippen LogP contribution in [-0.2, 0) is 4.79 Å². The van der Waals surface area contributed by atoms with Crippen molar-refractivity contribution in [3.05, 3.63) is 52.0 Å². The van der Waals surface area contributed by atoms with Gasteiger partial charge in [0.25, 0.3) is 5.91 Å². The highest BCUT2D eigenvalue weighted by Crippen LogP contribution is 2.39. The fraction of sp³-hybridized carbons (Fsp3) is 0.176. The summed E-state index contributed by atoms with van der Waals surface area (Å²) >= 11 is 12.0. The van der Waals surface area contributed by atoms with Crippen LogP contribution in [0.15, 0.2) is 41.5 Å². The molecule has 8 heteroatoms. The molecule has 2 aromatic carbocycles. The number of aromatic hydroxyl groups is 1. The molecule has 25 heavy (non-hydrogen) atoms. The summed E-state index contributed by atoms with van der Waals surface area (Å²) in [4.78, 5) is 11.7. The van der Waals surface area contributed by atoms with Gasteiger partial charge in [-0.25, -0.2) is 5.43 Å². The molecule has 132 valence electrons. The first-order valence-corrected chi connectivity index (χ1v) is 8.12. The number of nitrogens with zero attached hydrogens (tertiary/aromatic N) is 1. The number of halogens is 2. The van der Waals surface area contributed by atoms with Gasteiger partial charge in [-0.1, -0.05) is 41.4 Å². The van der Waals surface area contributed by atoms with E-state index in [1.54, 1.807) is 31.2 Å². The number of rotatable bonds is 7. The second-order valence-corrected chi connectivity index (χ2v) is 5.55. The standard InChI is InChI=1S/C17H16Cl2N2O4/c1-2-24-14-8-13(18)16(19)12(17(14)23)9-20-21-15(22)10-25-11-6-4-3-5-7-11/h3-9,23H,2,10H2,1H3,(H,21,22). The maximum Gasteiger partial charge on any atom is 0.277 e. The van der Waals surface area contributed by atoms with E-state index in [0.717, 1.165) is 0 Å². The smallest absolute Gasteiger partial charge is 0.277 e. The molecule has 0 saturated heterocycles. The highest BCUT2D eigenvalue weighted by molar-refractivity contribution is 6.43. The van der Waals surface area contributed by atoms with Crippen LogP contribution in [0.5, 0.6) is 17.2 Å². The van der Waals surface area contributed by atoms with Gasteiger partial charge in [0.15, 0.2) is 18.1 Å². The van der Waals surface area contributed by atoms with Crippen molar-refractivity contribution in [2.75, 3.05) is 13.2 Å². The van der Waals surface area contributed by atoms with E-state index < -0.39 is 5.91 Å². The monoisotopic (exact) mass is 382 g/mol. The molecule has 0 spiro atoms. The summed E-state index contributed by atoms with van der Waals surface area (Å²) in [6, 6.07) is 10.3. The van der Waals surface area contributed by atoms with E-state index in [4.69, 9.17) is 32.7 Å². The fourth-order valence-corrected chi connectivity index (χ4v) is 2.26. The first kappa shape index (κ1) is 18.9. The number of hydrazone groups is 1. The van der Waals surface area contributed by atoms with E-state index in [0.29, 0.717) is 12.4 Å². The maximum atomic E-state index is 11.7. The van der Waals surface area contributed by atoms with Gasteiger partial charge in [0.1, 0.15) is 5.75 Å². The van der Waals surface area contributed by atoms with Crippen molar-refractivity contribution in [2.45, 2.75) is 6.92 Å². The molecule has 0 atom stereocenters. The lowest BCUT2D eigenvalue weighted by molar-refractivity contribution is -0.123. The summed E-state index contributed by atoms with van der Waals surface area (Å²) < 4.78 is 10.6. The minimum atomic E-state index is -0.470. The molecule has 2 rings (SSSR count). The summed E-state index contributed by atoms with van der Waals surface area (Å²) in [5, 5.41) is 14.2. The lowest BCUT2D eigenvalue weighted by Crippen LogP contribution is -2.24. The van der Waals surface area contributed by atoms with Gasteiger partial charge in [-0.05, 0) is 19.1 Å². The molecule has 0 aliphatic heterocycles. The number of hydrogen-bond acceptors (Lipinski definition) is 5. The Labute approximate surface area is 155 Å². The number of carbonyl (C=O) groups excluding carboxylic acids is 1. The van der Waals surface area contributed by atoms with Crippen molar-refractivity contribution < 1.29 is 19.4 Å². The number of phenolic OH excluding ortho intramolecular Hbond substituents is 1. The normalized spacial score (nSPS) is 10.7. The molecule has 0 aliphatic rings. The molecule has 0 radical (unpaired) electrons. The Morgan fingerprint density at radius 2 is 2.00 bits per heavy atom. The van der Waals surface area contributed by atoms with Gasteiger partial charge >= 0.3 is 0 Å². The number of ether oxygens (including phenoxy) is 2. The highest BCUT2D eigenvalue weighted by Gasteiger charge is 2.15. The molecule has 0 aliphatic carbocycles. The molecule has 0 fully saturated rings. The van der Waals surface area contributed by atoms with E-state index >= 15 is 0 Å². The number of para-hydroxylation sites is 1. The van der Waals surface area contributed by atoms with Crippen molar-refractivity contribution in [2.24, 2.45) is 5.10 Å². The number of phenols is 1. The Kier molecular flexibility index (Phi) is 6.91. The zero-order valence-corrected chi connectivity index (χ0v) is 14.8. The minimum Gasteiger partial charge on any atom is -0.504 e. The Bertz CT molecular complexity index is 767. The van der Waals surface area contributed by atoms with Gasteiger partial charge in [0, 0.05) is 6.07 Å². The van der Waals surface area contributed by atoms with Crippen molar-refractivity contribution in [3.8, 4) is 17.2 Å². The molecule has 2 aromatic rings. The van der Waals surface area contributed by atoms with Crippen LogP contribution in [0.1, 0.15) is 12.5 Å². The lowest BCUT2D eigenvalue weighted by Gasteiger charge is -2.10. The van der Waals surface area contributed by atoms with E-state index in [1.165, 1.54) is 12.3 Å². The molecule has 0 unspecified atom stereocenters. The van der Waals surface area contributed by atoms with Crippen LogP contribution >= 0.6 is 23.2 Å². The quantitative estimate of drug-likeness (QED) is 0.565. The first-order chi connectivity index (χ1) is 12.0. The predicted molar refractivity (Wildman–Crippen MR) is 97.0 cm³/mol. The lowest BCUT2D eigenvalue weighted by atomic mass is 10.2. The van der Waals surface area contributed by atoms with Crippen LogP contribution in [0.2, 0.25) is 10.0 Å². The second kappa shape index (κ2) is 9.15. The number of hydrogen-bond donors (Lipinski definition) is 2. The third-order valence-corrected chi connectivity index (χ3v) is 3.79. The number of nitrogens with one attached hydrogen (secondary N) is 1. The summed E-state index contributed by atoms with van der Waals surface area (Å²) in [5.41, 5.74) is 2.42. The molecule has 0 saturated carbocycles. The summed E-state index contributed by atoms with van der Waals surface area (Å²) in [5.74, 6) is 0.0631. The summed E-state index contributed by atoms with van der Waals surface area (Å²) in [6.07, 6.45) is 1.19. The van der Waals surface area contributed by atoms with Crippen molar-refractivity contribution in [1.29, 1.82) is 0 Å². The maximum absolute atomic E-state index is 11.7. The van der Waals surface area contributed by atoms with Gasteiger partial charge in [-0.3, -0.25) is 4.79 Å². The molecule has 6 nitrogen and oxygen atoms in total. The molecular formula is C17H16Cl2N2O4. The van der Waals surface area contributed by atoms with Gasteiger partial charge in [-0.15, -0.1) is 0 Å². The molecule has 2 N–H and O–H groups in total. The fourth-order valence-electron chi connectivity index (χ4n) is 1.86. The van der Waals surface area contributed by atoms with Gasteiger partial charge in [-0.2, -0.15) is 5.10 Å². The number of benzene rings is 2. The SMILES string of the molecule is CCOc1cc(Cl)c(Cl)c(C=NNC(=O)COc2ccccc2)c1O. The molecule has 0 heterocycles. The Morgan fingerprint density at radius 1 is 1.28 bits per heavy atom. The Morgan fingerprint density at radius 3 is 2.68 bits per heavy atom. The molecular weight excluding hydrogens is 367 g/mol. The van der Waals surface area contributed by atoms with Crippen molar-refractivity contribution in [3.63, 3.8) is 0 Å². The summed E-state index contributed by atoms with van der Waals surface area (Å²) in [6.45, 7) is 1.90. The van der Waals surface area contributed by atoms with Crippen molar-refractivity contribution >= 4 is 35.3 Å². The molecule has 0 bridgehead atoms. The average Bonchev–Trinajstić information content (AvgIpc) is 2.62. The van der Waals surface area contributed by atoms with Crippen LogP contribution in [0.3, 0.4) is 0 Å². The van der Waals surface area contributed by atoms with E-state index in [1.807, 2.05) is 6.07 Å². The van der Waals surface area contributed by atoms with Crippen molar-refractivity contribution in [1.82, 2.24) is 5.43 Å². The molecule has 0 aromatic heterocycles. The van der Waals surface area contributed by atoms with Gasteiger partial charge in [0.2, 0.25) is 0 Å². The second-order valence-electron chi connectivity index (χ2n) is 4.76. The largest absolute Gasteiger partial charge is 0.504 e. The van der Waals surface area contributed by atoms with E-state index in [9.17, 15) is 9.90 Å². The third-order valence-electron chi connectivity index (χ3n) is 2.99. The summed E-state index contributed by atoms with van der Waals surface area (Å²) in [7, 11) is 0. The van der Waals surface area contributed by atoms with E-state index in [-0.39, 0.29) is 33.7 Å². The first-order valence-electron chi connectivity index (χ1n) is 7.36. The third kappa shape index (κ3) is 5.27. The topological polar surface area (TPSA) is 80.2 Å². The van der Waals surface area contributed by atoms with E-state index in [2.05, 4.69) is 10.5 Å². The zero-order valence-electron chi connectivity index (χ0n) is 13.3. The van der Waals surface area contributed by atoms with Crippen LogP contribution < -0.4 is 14.9 Å². The number of amides is 1. The Balaban J connectivity index is 2.00. The minimum absolute atomic E-state index is 0.0983. The van der Waals surface area contributed by atoms with Crippen LogP contribution in [0, 0.1) is 0 Å². The van der Waals surface area contributed by atoms with Gasteiger partial charge < -0.3 is 14.6 Å². The average molecular weight is 383 g/mol. The van der Waals surface area contributed by atoms with Crippen LogP contribution in [0.4, 0.5) is 0 Å². The zero-order chi connectivity index (χ0) is 18.2. The highest BCUT2D eigenvalue weighted by atomic mass is 35.5. The number of carbonyl (C=O) groups is 1. The Hall–Kier alpha value is -2.44. The van der Waals surface area contributed by atoms with Crippen LogP contribution in [0.25, 0.3) is 0 Å². The molecule has 1 amide bonds. The predicted octanol–water partition coefficient (Wildman–Crippen LogP) is 3.63.